The van der Waals surface area contributed by atoms with Crippen molar-refractivity contribution in [2.24, 2.45) is 0 Å². The van der Waals surface area contributed by atoms with Crippen LogP contribution < -0.4 is 10.1 Å². The normalized spacial score (nSPS) is 11.9. The summed E-state index contributed by atoms with van der Waals surface area (Å²) in [5, 5.41) is 4.77. The van der Waals surface area contributed by atoms with Crippen molar-refractivity contribution < 1.29 is 23.5 Å². The van der Waals surface area contributed by atoms with Gasteiger partial charge < -0.3 is 19.2 Å². The molecule has 0 aliphatic carbocycles. The van der Waals surface area contributed by atoms with Crippen LogP contribution in [0, 0.1) is 6.92 Å². The van der Waals surface area contributed by atoms with Gasteiger partial charge in [0.2, 0.25) is 5.89 Å². The Bertz CT molecular complexity index is 1640. The first-order valence-electron chi connectivity index (χ1n) is 12.1. The molecule has 0 fully saturated rings. The van der Waals surface area contributed by atoms with E-state index in [0.29, 0.717) is 44.4 Å². The fraction of sp³-hybridized carbons (Fsp3) is 0.167. The van der Waals surface area contributed by atoms with Gasteiger partial charge in [-0.2, -0.15) is 0 Å². The van der Waals surface area contributed by atoms with E-state index in [2.05, 4.69) is 10.3 Å². The number of carbonyl (C=O) groups is 2. The van der Waals surface area contributed by atoms with E-state index in [4.69, 9.17) is 25.5 Å². The lowest BCUT2D eigenvalue weighted by Crippen LogP contribution is -2.32. The third-order valence-corrected chi connectivity index (χ3v) is 6.71. The number of halogens is 1. The van der Waals surface area contributed by atoms with Gasteiger partial charge in [-0.15, -0.1) is 0 Å². The summed E-state index contributed by atoms with van der Waals surface area (Å²) in [7, 11) is 1.49. The van der Waals surface area contributed by atoms with E-state index in [-0.39, 0.29) is 6.42 Å². The maximum absolute atomic E-state index is 13.5. The molecule has 0 saturated heterocycles. The zero-order chi connectivity index (χ0) is 26.8. The van der Waals surface area contributed by atoms with Gasteiger partial charge in [0.15, 0.2) is 11.7 Å². The number of fused-ring (bicyclic) bond motifs is 2. The molecule has 0 aliphatic heterocycles. The molecule has 1 N–H and O–H groups in total. The molecule has 1 aromatic heterocycles. The maximum atomic E-state index is 13.5. The number of nitrogens with one attached hydrogen (secondary N) is 1. The predicted octanol–water partition coefficient (Wildman–Crippen LogP) is 7.19. The van der Waals surface area contributed by atoms with Crippen LogP contribution in [0.25, 0.3) is 33.3 Å². The maximum Gasteiger partial charge on any atom is 0.339 e. The molecule has 0 aliphatic rings. The summed E-state index contributed by atoms with van der Waals surface area (Å²) >= 11 is 6.18. The van der Waals surface area contributed by atoms with Crippen molar-refractivity contribution in [3.05, 3.63) is 88.9 Å². The molecule has 1 atom stereocenters. The molecular weight excluding hydrogens is 504 g/mol. The molecular formula is C30H25ClN2O5. The molecule has 1 unspecified atom stereocenters. The summed E-state index contributed by atoms with van der Waals surface area (Å²) in [5.74, 6) is -0.292. The zero-order valence-corrected chi connectivity index (χ0v) is 21.8. The first-order chi connectivity index (χ1) is 18.4. The van der Waals surface area contributed by atoms with Gasteiger partial charge >= 0.3 is 5.97 Å². The Morgan fingerprint density at radius 2 is 1.82 bits per heavy atom. The minimum absolute atomic E-state index is 0.273. The first kappa shape index (κ1) is 25.3. The third kappa shape index (κ3) is 4.80. The summed E-state index contributed by atoms with van der Waals surface area (Å²) in [6, 6.07) is 21.8. The van der Waals surface area contributed by atoms with Gasteiger partial charge in [-0.25, -0.2) is 9.78 Å². The Hall–Kier alpha value is -4.36. The van der Waals surface area contributed by atoms with Crippen LogP contribution in [0.5, 0.6) is 5.75 Å². The number of esters is 1. The number of nitrogens with zero attached hydrogens (tertiary/aromatic N) is 1. The van der Waals surface area contributed by atoms with Crippen LogP contribution in [0.15, 0.2) is 77.2 Å². The minimum Gasteiger partial charge on any atom is -0.495 e. The van der Waals surface area contributed by atoms with Crippen molar-refractivity contribution >= 4 is 51.0 Å². The summed E-state index contributed by atoms with van der Waals surface area (Å²) in [4.78, 5) is 31.2. The van der Waals surface area contributed by atoms with E-state index in [1.165, 1.54) is 7.11 Å². The van der Waals surface area contributed by atoms with Crippen molar-refractivity contribution in [3.63, 3.8) is 0 Å². The largest absolute Gasteiger partial charge is 0.495 e. The molecule has 4 aromatic carbocycles. The number of ether oxygens (including phenoxy) is 2. The number of anilines is 1. The second-order valence-corrected chi connectivity index (χ2v) is 9.20. The van der Waals surface area contributed by atoms with Crippen molar-refractivity contribution in [2.75, 3.05) is 12.4 Å². The number of hydrogen-bond donors (Lipinski definition) is 1. The molecule has 192 valence electrons. The Labute approximate surface area is 224 Å². The van der Waals surface area contributed by atoms with E-state index >= 15 is 0 Å². The van der Waals surface area contributed by atoms with E-state index in [1.54, 1.807) is 31.2 Å². The average Bonchev–Trinajstić information content (AvgIpc) is 3.37. The molecule has 1 amide bonds. The molecule has 5 rings (SSSR count). The number of aryl methyl sites for hydroxylation is 1. The van der Waals surface area contributed by atoms with Gasteiger partial charge in [0, 0.05) is 22.0 Å². The van der Waals surface area contributed by atoms with E-state index in [1.807, 2.05) is 55.5 Å². The molecule has 0 radical (unpaired) electrons. The van der Waals surface area contributed by atoms with Crippen LogP contribution in [-0.4, -0.2) is 30.1 Å². The topological polar surface area (TPSA) is 90.7 Å². The van der Waals surface area contributed by atoms with Crippen molar-refractivity contribution in [2.45, 2.75) is 26.4 Å². The van der Waals surface area contributed by atoms with E-state index in [0.717, 1.165) is 16.5 Å². The first-order valence-corrected chi connectivity index (χ1v) is 12.5. The number of aromatic nitrogens is 1. The second kappa shape index (κ2) is 10.6. The van der Waals surface area contributed by atoms with Gasteiger partial charge in [0.1, 0.15) is 11.3 Å². The quantitative estimate of drug-likeness (QED) is 0.225. The van der Waals surface area contributed by atoms with Crippen LogP contribution in [0.2, 0.25) is 5.02 Å². The number of rotatable bonds is 7. The van der Waals surface area contributed by atoms with Crippen molar-refractivity contribution in [3.8, 4) is 17.2 Å². The Morgan fingerprint density at radius 1 is 1.05 bits per heavy atom. The standard InChI is InChI=1S/C30H25ClN2O5/c1-4-24(28(34)32-23-15-17(2)21(31)16-26(23)36-3)38-30(35)20-12-8-10-18-9-7-11-19(27(18)20)29-33-22-13-5-6-14-25(22)37-29/h5-16,24H,4H2,1-3H3,(H,32,34). The summed E-state index contributed by atoms with van der Waals surface area (Å²) in [5.41, 5.74) is 3.55. The molecule has 38 heavy (non-hydrogen) atoms. The lowest BCUT2D eigenvalue weighted by atomic mass is 9.99. The number of para-hydroxylation sites is 2. The highest BCUT2D eigenvalue weighted by Gasteiger charge is 2.25. The second-order valence-electron chi connectivity index (χ2n) is 8.79. The number of benzene rings is 4. The molecule has 0 saturated carbocycles. The third-order valence-electron chi connectivity index (χ3n) is 6.30. The minimum atomic E-state index is -1.03. The average molecular weight is 529 g/mol. The lowest BCUT2D eigenvalue weighted by molar-refractivity contribution is -0.124. The lowest BCUT2D eigenvalue weighted by Gasteiger charge is -2.18. The Kier molecular flexibility index (Phi) is 7.03. The van der Waals surface area contributed by atoms with E-state index < -0.39 is 18.0 Å². The zero-order valence-electron chi connectivity index (χ0n) is 21.1. The monoisotopic (exact) mass is 528 g/mol. The predicted molar refractivity (Wildman–Crippen MR) is 148 cm³/mol. The van der Waals surface area contributed by atoms with Gasteiger partial charge in [-0.05, 0) is 54.6 Å². The fourth-order valence-corrected chi connectivity index (χ4v) is 4.49. The fourth-order valence-electron chi connectivity index (χ4n) is 4.33. The van der Waals surface area contributed by atoms with Crippen LogP contribution in [0.3, 0.4) is 0 Å². The van der Waals surface area contributed by atoms with Crippen LogP contribution in [0.4, 0.5) is 5.69 Å². The van der Waals surface area contributed by atoms with Crippen LogP contribution in [0.1, 0.15) is 29.3 Å². The summed E-state index contributed by atoms with van der Waals surface area (Å²) < 4.78 is 17.1. The van der Waals surface area contributed by atoms with Gasteiger partial charge in [-0.1, -0.05) is 54.9 Å². The molecule has 8 heteroatoms. The molecule has 0 bridgehead atoms. The highest BCUT2D eigenvalue weighted by Crippen LogP contribution is 2.34. The number of methoxy groups -OCH3 is 1. The number of oxazole rings is 1. The van der Waals surface area contributed by atoms with Crippen LogP contribution in [-0.2, 0) is 9.53 Å². The molecule has 5 aromatic rings. The van der Waals surface area contributed by atoms with Gasteiger partial charge in [0.05, 0.1) is 18.4 Å². The van der Waals surface area contributed by atoms with Gasteiger partial charge in [-0.3, -0.25) is 4.79 Å². The molecule has 0 spiro atoms. The number of carbonyl (C=O) groups excluding carboxylic acids is 2. The smallest absolute Gasteiger partial charge is 0.339 e. The SMILES string of the molecule is CCC(OC(=O)c1cccc2cccc(-c3nc4ccccc4o3)c12)C(=O)Nc1cc(C)c(Cl)cc1OC. The highest BCUT2D eigenvalue weighted by atomic mass is 35.5. The highest BCUT2D eigenvalue weighted by molar-refractivity contribution is 6.31. The molecule has 7 nitrogen and oxygen atoms in total. The van der Waals surface area contributed by atoms with Crippen LogP contribution >= 0.6 is 11.6 Å². The van der Waals surface area contributed by atoms with E-state index in [9.17, 15) is 9.59 Å². The summed E-state index contributed by atoms with van der Waals surface area (Å²) in [6.45, 7) is 3.60. The number of hydrogen-bond acceptors (Lipinski definition) is 6. The van der Waals surface area contributed by atoms with Crippen molar-refractivity contribution in [1.82, 2.24) is 4.98 Å². The van der Waals surface area contributed by atoms with Gasteiger partial charge in [0.25, 0.3) is 5.91 Å². The Morgan fingerprint density at radius 3 is 2.55 bits per heavy atom. The summed E-state index contributed by atoms with van der Waals surface area (Å²) in [6.07, 6.45) is -0.759. The number of amides is 1. The Balaban J connectivity index is 1.46. The molecule has 1 heterocycles. The van der Waals surface area contributed by atoms with Crippen molar-refractivity contribution in [1.29, 1.82) is 0 Å².